The summed E-state index contributed by atoms with van der Waals surface area (Å²) >= 11 is 1.55. The Morgan fingerprint density at radius 2 is 1.58 bits per heavy atom. The van der Waals surface area contributed by atoms with E-state index in [1.54, 1.807) is 82.8 Å². The second-order valence-electron chi connectivity index (χ2n) is 8.54. The van der Waals surface area contributed by atoms with Crippen molar-refractivity contribution in [2.24, 2.45) is 0 Å². The highest BCUT2D eigenvalue weighted by atomic mass is 32.1. The van der Waals surface area contributed by atoms with E-state index in [0.717, 1.165) is 20.8 Å². The molecular weight excluding hydrogens is 515 g/mol. The molecule has 2 heterocycles. The van der Waals surface area contributed by atoms with Gasteiger partial charge in [-0.1, -0.05) is 48.5 Å². The summed E-state index contributed by atoms with van der Waals surface area (Å²) in [5.41, 5.74) is 3.49. The highest BCUT2D eigenvalue weighted by Crippen LogP contribution is 2.38. The second kappa shape index (κ2) is 9.84. The van der Waals surface area contributed by atoms with E-state index in [1.165, 1.54) is 6.20 Å². The molecule has 0 aliphatic rings. The molecule has 0 aliphatic heterocycles. The number of carbonyl (C=O) groups excluding carboxylic acids is 1. The Morgan fingerprint density at radius 3 is 2.37 bits per heavy atom. The van der Waals surface area contributed by atoms with Gasteiger partial charge in [-0.05, 0) is 54.6 Å². The zero-order valence-electron chi connectivity index (χ0n) is 19.9. The number of para-hydroxylation sites is 1. The largest absolute Gasteiger partial charge is 0.336 e. The molecule has 0 spiro atoms. The summed E-state index contributed by atoms with van der Waals surface area (Å²) in [6.07, 6.45) is 3.14. The number of aromatic nitrogens is 3. The van der Waals surface area contributed by atoms with Gasteiger partial charge in [0.05, 0.1) is 10.2 Å². The minimum absolute atomic E-state index is 0.0604. The van der Waals surface area contributed by atoms with Crippen LogP contribution in [0.25, 0.3) is 26.5 Å². The second-order valence-corrected chi connectivity index (χ2v) is 11.6. The van der Waals surface area contributed by atoms with Gasteiger partial charge in [-0.15, -0.1) is 11.3 Å². The minimum Gasteiger partial charge on any atom is -0.336 e. The number of amides is 1. The van der Waals surface area contributed by atoms with Gasteiger partial charge in [0, 0.05) is 40.2 Å². The van der Waals surface area contributed by atoms with E-state index >= 15 is 0 Å². The maximum absolute atomic E-state index is 13.3. The molecule has 6 rings (SSSR count). The molecule has 1 unspecified atom stereocenters. The standard InChI is InChI=1S/C29H21N4O3PS/c34-27(23-10-4-5-11-24(23)28-32-25-12-6-7-13-26(25)38-28)31-20-14-16-21(17-15-20)33-19-18-30-29(33)37(35,36)22-8-2-1-3-9-22/h1-19H,(H,31,34)(H,35,36). The Labute approximate surface area is 222 Å². The van der Waals surface area contributed by atoms with E-state index in [-0.39, 0.29) is 11.5 Å². The molecule has 4 aromatic carbocycles. The summed E-state index contributed by atoms with van der Waals surface area (Å²) in [4.78, 5) is 33.0. The highest BCUT2D eigenvalue weighted by Gasteiger charge is 2.29. The van der Waals surface area contributed by atoms with Crippen molar-refractivity contribution in [2.45, 2.75) is 0 Å². The third-order valence-corrected chi connectivity index (χ3v) is 9.04. The van der Waals surface area contributed by atoms with Crippen molar-refractivity contribution in [2.75, 3.05) is 5.32 Å². The fraction of sp³-hybridized carbons (Fsp3) is 0. The number of hydrogen-bond donors (Lipinski definition) is 2. The molecule has 0 saturated carbocycles. The van der Waals surface area contributed by atoms with Crippen LogP contribution < -0.4 is 16.2 Å². The maximum Gasteiger partial charge on any atom is 0.293 e. The van der Waals surface area contributed by atoms with Crippen molar-refractivity contribution in [1.82, 2.24) is 14.5 Å². The van der Waals surface area contributed by atoms with Crippen LogP contribution in [0.2, 0.25) is 0 Å². The Morgan fingerprint density at radius 1 is 0.868 bits per heavy atom. The molecule has 6 aromatic rings. The third kappa shape index (κ3) is 4.46. The monoisotopic (exact) mass is 536 g/mol. The number of nitrogens with zero attached hydrogens (tertiary/aromatic N) is 3. The van der Waals surface area contributed by atoms with E-state index < -0.39 is 7.37 Å². The molecule has 0 radical (unpaired) electrons. The summed E-state index contributed by atoms with van der Waals surface area (Å²) in [5.74, 6) is -0.250. The molecule has 0 bridgehead atoms. The highest BCUT2D eigenvalue weighted by molar-refractivity contribution is 7.73. The van der Waals surface area contributed by atoms with E-state index in [4.69, 9.17) is 4.98 Å². The van der Waals surface area contributed by atoms with Crippen LogP contribution >= 0.6 is 18.7 Å². The summed E-state index contributed by atoms with van der Waals surface area (Å²) in [6.45, 7) is 0. The molecule has 7 nitrogen and oxygen atoms in total. The molecule has 186 valence electrons. The number of benzene rings is 4. The van der Waals surface area contributed by atoms with Crippen LogP contribution in [0.4, 0.5) is 5.69 Å². The number of carbonyl (C=O) groups is 1. The number of rotatable bonds is 6. The zero-order valence-corrected chi connectivity index (χ0v) is 21.6. The number of nitrogens with one attached hydrogen (secondary N) is 1. The van der Waals surface area contributed by atoms with Crippen LogP contribution in [-0.4, -0.2) is 25.3 Å². The molecule has 0 fully saturated rings. The first-order chi connectivity index (χ1) is 18.5. The molecule has 38 heavy (non-hydrogen) atoms. The fourth-order valence-corrected chi connectivity index (χ4v) is 6.74. The van der Waals surface area contributed by atoms with Crippen molar-refractivity contribution in [3.05, 3.63) is 121 Å². The van der Waals surface area contributed by atoms with Gasteiger partial charge in [0.2, 0.25) is 5.57 Å². The summed E-state index contributed by atoms with van der Waals surface area (Å²) in [6, 6.07) is 30.8. The number of fused-ring (bicyclic) bond motifs is 1. The van der Waals surface area contributed by atoms with Crippen molar-refractivity contribution in [3.8, 4) is 16.3 Å². The van der Waals surface area contributed by atoms with Crippen LogP contribution in [0.5, 0.6) is 0 Å². The topological polar surface area (TPSA) is 97.1 Å². The van der Waals surface area contributed by atoms with Crippen molar-refractivity contribution < 1.29 is 14.3 Å². The van der Waals surface area contributed by atoms with E-state index in [9.17, 15) is 14.3 Å². The molecule has 9 heteroatoms. The number of imidazole rings is 1. The van der Waals surface area contributed by atoms with Crippen molar-refractivity contribution in [3.63, 3.8) is 0 Å². The van der Waals surface area contributed by atoms with Crippen molar-refractivity contribution in [1.29, 1.82) is 0 Å². The summed E-state index contributed by atoms with van der Waals surface area (Å²) in [7, 11) is -3.90. The number of hydrogen-bond acceptors (Lipinski definition) is 5. The van der Waals surface area contributed by atoms with Gasteiger partial charge in [-0.2, -0.15) is 0 Å². The summed E-state index contributed by atoms with van der Waals surface area (Å²) in [5, 5.41) is 4.05. The normalized spacial score (nSPS) is 12.8. The van der Waals surface area contributed by atoms with E-state index in [2.05, 4.69) is 10.3 Å². The number of thiazole rings is 1. The first kappa shape index (κ1) is 24.0. The van der Waals surface area contributed by atoms with Gasteiger partial charge >= 0.3 is 0 Å². The molecular formula is C29H21N4O3PS. The van der Waals surface area contributed by atoms with Gasteiger partial charge < -0.3 is 10.2 Å². The zero-order chi connectivity index (χ0) is 26.1. The van der Waals surface area contributed by atoms with Crippen molar-refractivity contribution >= 4 is 51.4 Å². The lowest BCUT2D eigenvalue weighted by Crippen LogP contribution is -2.24. The van der Waals surface area contributed by atoms with Gasteiger partial charge in [0.25, 0.3) is 13.3 Å². The smallest absolute Gasteiger partial charge is 0.293 e. The molecule has 0 aliphatic carbocycles. The quantitative estimate of drug-likeness (QED) is 0.269. The average molecular weight is 537 g/mol. The van der Waals surface area contributed by atoms with Gasteiger partial charge in [-0.3, -0.25) is 13.9 Å². The molecule has 2 aromatic heterocycles. The lowest BCUT2D eigenvalue weighted by molar-refractivity contribution is 0.102. The lowest BCUT2D eigenvalue weighted by atomic mass is 10.1. The molecule has 1 atom stereocenters. The van der Waals surface area contributed by atoms with Gasteiger partial charge in [0.15, 0.2) is 0 Å². The van der Waals surface area contributed by atoms with Crippen LogP contribution in [0.15, 0.2) is 116 Å². The van der Waals surface area contributed by atoms with Gasteiger partial charge in [-0.25, -0.2) is 9.97 Å². The van der Waals surface area contributed by atoms with E-state index in [0.29, 0.717) is 22.2 Å². The number of anilines is 1. The van der Waals surface area contributed by atoms with Crippen LogP contribution in [0.1, 0.15) is 10.4 Å². The molecule has 0 saturated heterocycles. The summed E-state index contributed by atoms with van der Waals surface area (Å²) < 4.78 is 15.9. The Bertz CT molecular complexity index is 1780. The third-order valence-electron chi connectivity index (χ3n) is 6.10. The first-order valence-electron chi connectivity index (χ1n) is 11.8. The lowest BCUT2D eigenvalue weighted by Gasteiger charge is -2.14. The SMILES string of the molecule is O=C(Nc1ccc(-n2ccnc2P(=O)(O)c2ccccc2)cc1)c1ccccc1-c1nc2ccccc2s1. The predicted molar refractivity (Wildman–Crippen MR) is 152 cm³/mol. The van der Waals surface area contributed by atoms with E-state index in [1.807, 2.05) is 42.5 Å². The van der Waals surface area contributed by atoms with Crippen LogP contribution in [0, 0.1) is 0 Å². The minimum atomic E-state index is -3.90. The Kier molecular flexibility index (Phi) is 6.21. The molecule has 2 N–H and O–H groups in total. The predicted octanol–water partition coefficient (Wildman–Crippen LogP) is 5.62. The van der Waals surface area contributed by atoms with Crippen LogP contribution in [-0.2, 0) is 4.57 Å². The Balaban J connectivity index is 1.25. The van der Waals surface area contributed by atoms with Crippen LogP contribution in [0.3, 0.4) is 0 Å². The maximum atomic E-state index is 13.3. The Hall–Kier alpha value is -4.36. The first-order valence-corrected chi connectivity index (χ1v) is 14.3. The molecule has 1 amide bonds. The van der Waals surface area contributed by atoms with Gasteiger partial charge in [0.1, 0.15) is 5.01 Å². The fourth-order valence-electron chi connectivity index (χ4n) is 4.23. The average Bonchev–Trinajstić information content (AvgIpc) is 3.62.